The standard InChI is InChI=1S/C23H29N3O9S3/c1-16(27)34-18-8-6-17(7-9-18)20-10-11-22(36-20)38(31,32)26-13-12-25(37(2,29)30)15-19(26)23(28)24-35-21-5-3-4-14-33-21/h6-11,19,21H,3-5,12-15H2,1-2H3,(H,24,28)/t19-,21?/m1/s1. The highest BCUT2D eigenvalue weighted by molar-refractivity contribution is 7.91. The zero-order valence-corrected chi connectivity index (χ0v) is 23.3. The van der Waals surface area contributed by atoms with Crippen LogP contribution in [0.1, 0.15) is 26.2 Å². The van der Waals surface area contributed by atoms with E-state index in [1.165, 1.54) is 13.0 Å². The van der Waals surface area contributed by atoms with E-state index in [-0.39, 0.29) is 23.8 Å². The molecule has 2 fully saturated rings. The lowest BCUT2D eigenvalue weighted by Crippen LogP contribution is -2.61. The zero-order chi connectivity index (χ0) is 27.5. The summed E-state index contributed by atoms with van der Waals surface area (Å²) in [7, 11) is -7.83. The maximum absolute atomic E-state index is 13.6. The monoisotopic (exact) mass is 587 g/mol. The summed E-state index contributed by atoms with van der Waals surface area (Å²) < 4.78 is 64.2. The van der Waals surface area contributed by atoms with Gasteiger partial charge in [0.1, 0.15) is 16.0 Å². The van der Waals surface area contributed by atoms with Crippen LogP contribution in [0.4, 0.5) is 0 Å². The minimum Gasteiger partial charge on any atom is -0.427 e. The normalized spacial score (nSPS) is 21.6. The topological polar surface area (TPSA) is 149 Å². The summed E-state index contributed by atoms with van der Waals surface area (Å²) in [4.78, 5) is 30.2. The lowest BCUT2D eigenvalue weighted by atomic mass is 10.2. The van der Waals surface area contributed by atoms with E-state index in [1.54, 1.807) is 30.3 Å². The third-order valence-electron chi connectivity index (χ3n) is 6.04. The fourth-order valence-electron chi connectivity index (χ4n) is 4.12. The van der Waals surface area contributed by atoms with Gasteiger partial charge in [-0.05, 0) is 54.8 Å². The van der Waals surface area contributed by atoms with E-state index in [0.29, 0.717) is 29.2 Å². The molecule has 12 nitrogen and oxygen atoms in total. The van der Waals surface area contributed by atoms with Crippen LogP contribution in [0.2, 0.25) is 0 Å². The van der Waals surface area contributed by atoms with Crippen molar-refractivity contribution >= 4 is 43.3 Å². The molecule has 2 atom stereocenters. The Labute approximate surface area is 225 Å². The Hall–Kier alpha value is -2.40. The summed E-state index contributed by atoms with van der Waals surface area (Å²) in [5.41, 5.74) is 2.99. The summed E-state index contributed by atoms with van der Waals surface area (Å²) in [6.07, 6.45) is 2.67. The molecule has 38 heavy (non-hydrogen) atoms. The Bertz CT molecular complexity index is 1370. The first-order chi connectivity index (χ1) is 17.9. The SMILES string of the molecule is CC(=O)Oc1ccc(-c2ccc(S(=O)(=O)N3CCN(S(C)(=O)=O)C[C@@H]3C(=O)NOC3CCCCO3)s2)cc1. The fourth-order valence-corrected chi connectivity index (χ4v) is 7.96. The van der Waals surface area contributed by atoms with Crippen LogP contribution in [0.15, 0.2) is 40.6 Å². The third kappa shape index (κ3) is 6.77. The van der Waals surface area contributed by atoms with Gasteiger partial charge in [-0.2, -0.15) is 8.61 Å². The number of benzene rings is 1. The summed E-state index contributed by atoms with van der Waals surface area (Å²) in [6, 6.07) is 8.35. The average molecular weight is 588 g/mol. The number of carbonyl (C=O) groups is 2. The number of ether oxygens (including phenoxy) is 2. The van der Waals surface area contributed by atoms with Crippen LogP contribution in [0.25, 0.3) is 10.4 Å². The molecule has 3 heterocycles. The highest BCUT2D eigenvalue weighted by Crippen LogP contribution is 2.34. The highest BCUT2D eigenvalue weighted by atomic mass is 32.2. The first-order valence-electron chi connectivity index (χ1n) is 11.9. The van der Waals surface area contributed by atoms with Gasteiger partial charge in [0.15, 0.2) is 6.29 Å². The van der Waals surface area contributed by atoms with E-state index >= 15 is 0 Å². The molecular weight excluding hydrogens is 558 g/mol. The Morgan fingerprint density at radius 2 is 1.79 bits per heavy atom. The van der Waals surface area contributed by atoms with Crippen molar-refractivity contribution in [2.45, 2.75) is 42.7 Å². The van der Waals surface area contributed by atoms with E-state index in [9.17, 15) is 26.4 Å². The molecule has 1 unspecified atom stereocenters. The quantitative estimate of drug-likeness (QED) is 0.276. The van der Waals surface area contributed by atoms with Gasteiger partial charge in [-0.1, -0.05) is 0 Å². The number of amides is 1. The lowest BCUT2D eigenvalue weighted by Gasteiger charge is -2.38. The molecule has 1 aromatic heterocycles. The van der Waals surface area contributed by atoms with Gasteiger partial charge in [0.05, 0.1) is 6.26 Å². The van der Waals surface area contributed by atoms with Gasteiger partial charge in [-0.3, -0.25) is 9.59 Å². The molecule has 15 heteroatoms. The number of piperazine rings is 1. The van der Waals surface area contributed by atoms with E-state index in [4.69, 9.17) is 14.3 Å². The number of rotatable bonds is 8. The van der Waals surface area contributed by atoms with Crippen molar-refractivity contribution in [3.8, 4) is 16.2 Å². The number of thiophene rings is 1. The van der Waals surface area contributed by atoms with Crippen molar-refractivity contribution in [2.75, 3.05) is 32.5 Å². The van der Waals surface area contributed by atoms with Gasteiger partial charge in [0, 0.05) is 44.5 Å². The Kier molecular flexibility index (Phi) is 8.86. The molecule has 208 valence electrons. The maximum atomic E-state index is 13.6. The Morgan fingerprint density at radius 3 is 2.42 bits per heavy atom. The summed E-state index contributed by atoms with van der Waals surface area (Å²) in [6.45, 7) is 1.12. The molecule has 2 aliphatic heterocycles. The molecule has 1 amide bonds. The van der Waals surface area contributed by atoms with Crippen LogP contribution in [0.3, 0.4) is 0 Å². The molecule has 2 aromatic rings. The third-order valence-corrected chi connectivity index (χ3v) is 10.8. The van der Waals surface area contributed by atoms with Gasteiger partial charge in [-0.25, -0.2) is 27.2 Å². The minimum absolute atomic E-state index is 0.00120. The predicted molar refractivity (Wildman–Crippen MR) is 138 cm³/mol. The number of nitrogens with one attached hydrogen (secondary N) is 1. The number of hydrogen-bond acceptors (Lipinski definition) is 10. The van der Waals surface area contributed by atoms with E-state index < -0.39 is 44.3 Å². The largest absolute Gasteiger partial charge is 0.427 e. The van der Waals surface area contributed by atoms with Gasteiger partial charge < -0.3 is 9.47 Å². The second-order valence-corrected chi connectivity index (χ2v) is 14.1. The fraction of sp³-hybridized carbons (Fsp3) is 0.478. The molecule has 0 spiro atoms. The molecule has 2 saturated heterocycles. The molecule has 2 aliphatic rings. The molecular formula is C23H29N3O9S3. The zero-order valence-electron chi connectivity index (χ0n) is 20.9. The second kappa shape index (κ2) is 11.8. The minimum atomic E-state index is -4.17. The molecule has 0 bridgehead atoms. The van der Waals surface area contributed by atoms with Crippen LogP contribution >= 0.6 is 11.3 Å². The first-order valence-corrected chi connectivity index (χ1v) is 16.0. The summed E-state index contributed by atoms with van der Waals surface area (Å²) >= 11 is 1.01. The number of hydroxylamine groups is 1. The van der Waals surface area contributed by atoms with Crippen LogP contribution < -0.4 is 10.2 Å². The van der Waals surface area contributed by atoms with E-state index in [1.807, 2.05) is 0 Å². The Balaban J connectivity index is 1.55. The summed E-state index contributed by atoms with van der Waals surface area (Å²) in [5, 5.41) is 0. The van der Waals surface area contributed by atoms with Crippen molar-refractivity contribution in [1.82, 2.24) is 14.1 Å². The van der Waals surface area contributed by atoms with Crippen LogP contribution in [-0.4, -0.2) is 82.2 Å². The number of nitrogens with zero attached hydrogens (tertiary/aromatic N) is 2. The van der Waals surface area contributed by atoms with Gasteiger partial charge in [-0.15, -0.1) is 11.3 Å². The van der Waals surface area contributed by atoms with Crippen LogP contribution in [0.5, 0.6) is 5.75 Å². The number of carbonyl (C=O) groups excluding carboxylic acids is 2. The van der Waals surface area contributed by atoms with Crippen molar-refractivity contribution in [1.29, 1.82) is 0 Å². The lowest BCUT2D eigenvalue weighted by molar-refractivity contribution is -0.202. The van der Waals surface area contributed by atoms with Crippen molar-refractivity contribution in [3.05, 3.63) is 36.4 Å². The smallest absolute Gasteiger partial charge is 0.308 e. The Morgan fingerprint density at radius 1 is 1.05 bits per heavy atom. The molecule has 0 saturated carbocycles. The van der Waals surface area contributed by atoms with E-state index in [2.05, 4.69) is 5.48 Å². The maximum Gasteiger partial charge on any atom is 0.308 e. The second-order valence-electron chi connectivity index (χ2n) is 8.87. The molecule has 4 rings (SSSR count). The van der Waals surface area contributed by atoms with Crippen molar-refractivity contribution in [2.24, 2.45) is 0 Å². The molecule has 1 aromatic carbocycles. The summed E-state index contributed by atoms with van der Waals surface area (Å²) in [5.74, 6) is -0.869. The van der Waals surface area contributed by atoms with Crippen molar-refractivity contribution in [3.63, 3.8) is 0 Å². The molecule has 1 N–H and O–H groups in total. The van der Waals surface area contributed by atoms with Gasteiger partial charge in [0.2, 0.25) is 10.0 Å². The van der Waals surface area contributed by atoms with Gasteiger partial charge in [0.25, 0.3) is 15.9 Å². The van der Waals surface area contributed by atoms with E-state index in [0.717, 1.165) is 39.0 Å². The number of hydrogen-bond donors (Lipinski definition) is 1. The molecule has 0 radical (unpaired) electrons. The average Bonchev–Trinajstić information content (AvgIpc) is 3.38. The van der Waals surface area contributed by atoms with Crippen LogP contribution in [-0.2, 0) is 39.2 Å². The van der Waals surface area contributed by atoms with Gasteiger partial charge >= 0.3 is 5.97 Å². The molecule has 0 aliphatic carbocycles. The predicted octanol–water partition coefficient (Wildman–Crippen LogP) is 1.55. The number of sulfonamides is 2. The van der Waals surface area contributed by atoms with Crippen LogP contribution in [0, 0.1) is 0 Å². The van der Waals surface area contributed by atoms with Crippen molar-refractivity contribution < 1.29 is 40.7 Å². The highest BCUT2D eigenvalue weighted by Gasteiger charge is 2.43. The first kappa shape index (κ1) is 28.6. The number of esters is 1.